The summed E-state index contributed by atoms with van der Waals surface area (Å²) in [5, 5.41) is 16.6. The van der Waals surface area contributed by atoms with Crippen molar-refractivity contribution in [2.45, 2.75) is 19.9 Å². The average molecular weight is 221 g/mol. The van der Waals surface area contributed by atoms with Gasteiger partial charge in [0, 0.05) is 12.2 Å². The molecule has 0 saturated carbocycles. The number of carboxylic acid groups (broad SMARTS) is 1. The predicted octanol–water partition coefficient (Wildman–Crippen LogP) is 1.82. The van der Waals surface area contributed by atoms with E-state index in [0.717, 1.165) is 0 Å². The molecule has 2 aromatic heterocycles. The highest BCUT2D eigenvalue weighted by atomic mass is 16.5. The maximum Gasteiger partial charge on any atom is 0.341 e. The molecular weight excluding hydrogens is 210 g/mol. The van der Waals surface area contributed by atoms with E-state index in [2.05, 4.69) is 10.3 Å². The number of rotatable bonds is 3. The summed E-state index contributed by atoms with van der Waals surface area (Å²) in [4.78, 5) is 10.9. The van der Waals surface area contributed by atoms with E-state index in [4.69, 9.17) is 9.63 Å². The molecular formula is C10H11N3O3. The van der Waals surface area contributed by atoms with Crippen LogP contribution in [0.1, 0.15) is 30.2 Å². The standard InChI is InChI=1S/C10H11N3O3/c1-6(2)13-8(3-4-11-13)9-7(10(14)15)5-12-16-9/h3-6H,1-2H3,(H,14,15). The number of aromatic carboxylic acids is 1. The Morgan fingerprint density at radius 3 is 2.94 bits per heavy atom. The van der Waals surface area contributed by atoms with Crippen LogP contribution in [0.15, 0.2) is 23.0 Å². The van der Waals surface area contributed by atoms with Crippen molar-refractivity contribution in [1.29, 1.82) is 0 Å². The summed E-state index contributed by atoms with van der Waals surface area (Å²) in [6.45, 7) is 3.90. The molecule has 6 heteroatoms. The second-order valence-electron chi connectivity index (χ2n) is 3.63. The van der Waals surface area contributed by atoms with Crippen LogP contribution in [-0.4, -0.2) is 26.0 Å². The highest BCUT2D eigenvalue weighted by Gasteiger charge is 2.20. The Morgan fingerprint density at radius 1 is 1.56 bits per heavy atom. The Bertz CT molecular complexity index is 513. The van der Waals surface area contributed by atoms with Crippen molar-refractivity contribution in [1.82, 2.24) is 14.9 Å². The lowest BCUT2D eigenvalue weighted by atomic mass is 10.2. The van der Waals surface area contributed by atoms with Crippen LogP contribution >= 0.6 is 0 Å². The Labute approximate surface area is 91.5 Å². The zero-order valence-corrected chi connectivity index (χ0v) is 8.91. The predicted molar refractivity (Wildman–Crippen MR) is 55.1 cm³/mol. The highest BCUT2D eigenvalue weighted by Crippen LogP contribution is 2.25. The van der Waals surface area contributed by atoms with Gasteiger partial charge in [-0.1, -0.05) is 5.16 Å². The molecule has 0 spiro atoms. The first-order valence-corrected chi connectivity index (χ1v) is 4.83. The van der Waals surface area contributed by atoms with Gasteiger partial charge in [-0.25, -0.2) is 4.79 Å². The van der Waals surface area contributed by atoms with Crippen LogP contribution in [0.5, 0.6) is 0 Å². The van der Waals surface area contributed by atoms with Crippen molar-refractivity contribution < 1.29 is 14.4 Å². The molecule has 84 valence electrons. The summed E-state index contributed by atoms with van der Waals surface area (Å²) in [5.74, 6) is -0.827. The van der Waals surface area contributed by atoms with Crippen molar-refractivity contribution in [2.24, 2.45) is 0 Å². The first kappa shape index (κ1) is 10.4. The van der Waals surface area contributed by atoms with Crippen LogP contribution in [-0.2, 0) is 0 Å². The van der Waals surface area contributed by atoms with E-state index in [1.54, 1.807) is 16.9 Å². The Hall–Kier alpha value is -2.11. The molecule has 2 heterocycles. The third-order valence-electron chi connectivity index (χ3n) is 2.19. The van der Waals surface area contributed by atoms with Gasteiger partial charge >= 0.3 is 5.97 Å². The van der Waals surface area contributed by atoms with Crippen molar-refractivity contribution in [3.8, 4) is 11.5 Å². The Balaban J connectivity index is 2.54. The SMILES string of the molecule is CC(C)n1nccc1-c1oncc1C(=O)O. The molecule has 6 nitrogen and oxygen atoms in total. The zero-order chi connectivity index (χ0) is 11.7. The van der Waals surface area contributed by atoms with E-state index in [-0.39, 0.29) is 17.4 Å². The first-order chi connectivity index (χ1) is 7.61. The number of aromatic nitrogens is 3. The quantitative estimate of drug-likeness (QED) is 0.854. The monoisotopic (exact) mass is 221 g/mol. The lowest BCUT2D eigenvalue weighted by Crippen LogP contribution is -2.06. The van der Waals surface area contributed by atoms with Gasteiger partial charge in [0.1, 0.15) is 11.3 Å². The van der Waals surface area contributed by atoms with E-state index in [1.165, 1.54) is 6.20 Å². The van der Waals surface area contributed by atoms with Gasteiger partial charge in [-0.05, 0) is 19.9 Å². The van der Waals surface area contributed by atoms with Crippen molar-refractivity contribution >= 4 is 5.97 Å². The maximum absolute atomic E-state index is 10.9. The Kier molecular flexibility index (Phi) is 2.47. The van der Waals surface area contributed by atoms with Gasteiger partial charge in [0.2, 0.25) is 0 Å². The second kappa shape index (κ2) is 3.80. The van der Waals surface area contributed by atoms with E-state index in [1.807, 2.05) is 13.8 Å². The number of carbonyl (C=O) groups is 1. The topological polar surface area (TPSA) is 81.2 Å². The molecule has 0 bridgehead atoms. The van der Waals surface area contributed by atoms with Crippen molar-refractivity contribution in [3.63, 3.8) is 0 Å². The van der Waals surface area contributed by atoms with Crippen LogP contribution in [0, 0.1) is 0 Å². The van der Waals surface area contributed by atoms with E-state index >= 15 is 0 Å². The molecule has 0 aliphatic carbocycles. The molecule has 0 fully saturated rings. The number of hydrogen-bond donors (Lipinski definition) is 1. The van der Waals surface area contributed by atoms with E-state index in [0.29, 0.717) is 5.69 Å². The van der Waals surface area contributed by atoms with Gasteiger partial charge in [-0.3, -0.25) is 4.68 Å². The third kappa shape index (κ3) is 1.58. The molecule has 0 aromatic carbocycles. The maximum atomic E-state index is 10.9. The third-order valence-corrected chi connectivity index (χ3v) is 2.19. The van der Waals surface area contributed by atoms with Crippen molar-refractivity contribution in [3.05, 3.63) is 24.0 Å². The summed E-state index contributed by atoms with van der Waals surface area (Å²) in [6.07, 6.45) is 2.79. The summed E-state index contributed by atoms with van der Waals surface area (Å²) >= 11 is 0. The first-order valence-electron chi connectivity index (χ1n) is 4.83. The Morgan fingerprint density at radius 2 is 2.31 bits per heavy atom. The minimum absolute atomic E-state index is 0.0439. The number of carboxylic acids is 1. The van der Waals surface area contributed by atoms with Crippen molar-refractivity contribution in [2.75, 3.05) is 0 Å². The lowest BCUT2D eigenvalue weighted by Gasteiger charge is -2.08. The molecule has 1 N–H and O–H groups in total. The molecule has 0 unspecified atom stereocenters. The smallest absolute Gasteiger partial charge is 0.341 e. The fraction of sp³-hybridized carbons (Fsp3) is 0.300. The van der Waals surface area contributed by atoms with Gasteiger partial charge in [-0.2, -0.15) is 5.10 Å². The normalized spacial score (nSPS) is 10.9. The largest absolute Gasteiger partial charge is 0.477 e. The summed E-state index contributed by atoms with van der Waals surface area (Å²) in [5.41, 5.74) is 0.660. The summed E-state index contributed by atoms with van der Waals surface area (Å²) in [7, 11) is 0. The van der Waals surface area contributed by atoms with Crippen LogP contribution in [0.2, 0.25) is 0 Å². The van der Waals surface area contributed by atoms with E-state index in [9.17, 15) is 4.79 Å². The van der Waals surface area contributed by atoms with Crippen LogP contribution in [0.4, 0.5) is 0 Å². The van der Waals surface area contributed by atoms with Crippen LogP contribution in [0.3, 0.4) is 0 Å². The molecule has 0 aliphatic heterocycles. The van der Waals surface area contributed by atoms with E-state index < -0.39 is 5.97 Å². The molecule has 0 atom stereocenters. The highest BCUT2D eigenvalue weighted by molar-refractivity contribution is 5.93. The fourth-order valence-electron chi connectivity index (χ4n) is 1.48. The average Bonchev–Trinajstić information content (AvgIpc) is 2.85. The minimum Gasteiger partial charge on any atom is -0.477 e. The van der Waals surface area contributed by atoms with Gasteiger partial charge in [0.25, 0.3) is 0 Å². The van der Waals surface area contributed by atoms with Gasteiger partial charge in [0.15, 0.2) is 5.76 Å². The molecule has 2 rings (SSSR count). The molecule has 0 aliphatic rings. The van der Waals surface area contributed by atoms with Gasteiger partial charge < -0.3 is 9.63 Å². The van der Waals surface area contributed by atoms with Gasteiger partial charge in [0.05, 0.1) is 6.20 Å². The summed E-state index contributed by atoms with van der Waals surface area (Å²) < 4.78 is 6.66. The molecule has 2 aromatic rings. The minimum atomic E-state index is -1.06. The number of hydrogen-bond acceptors (Lipinski definition) is 4. The molecule has 0 radical (unpaired) electrons. The van der Waals surface area contributed by atoms with Crippen LogP contribution < -0.4 is 0 Å². The second-order valence-corrected chi connectivity index (χ2v) is 3.63. The fourth-order valence-corrected chi connectivity index (χ4v) is 1.48. The van der Waals surface area contributed by atoms with Gasteiger partial charge in [-0.15, -0.1) is 0 Å². The molecule has 16 heavy (non-hydrogen) atoms. The lowest BCUT2D eigenvalue weighted by molar-refractivity contribution is 0.0697. The number of nitrogens with zero attached hydrogens (tertiary/aromatic N) is 3. The summed E-state index contributed by atoms with van der Waals surface area (Å²) in [6, 6.07) is 1.82. The zero-order valence-electron chi connectivity index (χ0n) is 8.91. The molecule has 0 amide bonds. The molecule has 0 saturated heterocycles. The van der Waals surface area contributed by atoms with Crippen LogP contribution in [0.25, 0.3) is 11.5 Å².